The monoisotopic (exact) mass is 371 g/mol. The highest BCUT2D eigenvalue weighted by Gasteiger charge is 2.10. The Morgan fingerprint density at radius 3 is 2.46 bits per heavy atom. The molecule has 0 aliphatic carbocycles. The molecule has 0 fully saturated rings. The molecule has 3 aromatic rings. The first-order valence-electron chi connectivity index (χ1n) is 7.81. The number of halogens is 2. The van der Waals surface area contributed by atoms with Crippen molar-refractivity contribution >= 4 is 23.2 Å². The van der Waals surface area contributed by atoms with Gasteiger partial charge in [0.2, 0.25) is 0 Å². The number of hydrogen-bond donors (Lipinski definition) is 1. The zero-order chi connectivity index (χ0) is 18.4. The van der Waals surface area contributed by atoms with Crippen LogP contribution < -0.4 is 14.8 Å². The Labute approximate surface area is 155 Å². The number of carbonyl (C=O) groups is 1. The van der Waals surface area contributed by atoms with Gasteiger partial charge in [-0.05, 0) is 36.4 Å². The van der Waals surface area contributed by atoms with Crippen molar-refractivity contribution < 1.29 is 18.7 Å². The third-order valence-electron chi connectivity index (χ3n) is 3.38. The molecule has 0 spiro atoms. The number of hydrogen-bond acceptors (Lipinski definition) is 3. The van der Waals surface area contributed by atoms with Gasteiger partial charge < -0.3 is 14.8 Å². The summed E-state index contributed by atoms with van der Waals surface area (Å²) in [6, 6.07) is 19.6. The van der Waals surface area contributed by atoms with E-state index in [1.54, 1.807) is 54.6 Å². The van der Waals surface area contributed by atoms with E-state index in [4.69, 9.17) is 21.1 Å². The van der Waals surface area contributed by atoms with Crippen molar-refractivity contribution in [3.05, 3.63) is 83.6 Å². The predicted octanol–water partition coefficient (Wildman–Crippen LogP) is 5.29. The van der Waals surface area contributed by atoms with Crippen LogP contribution in [-0.2, 0) is 4.79 Å². The average molecular weight is 372 g/mol. The van der Waals surface area contributed by atoms with Gasteiger partial charge in [-0.25, -0.2) is 4.39 Å². The van der Waals surface area contributed by atoms with Gasteiger partial charge in [0.1, 0.15) is 17.3 Å². The summed E-state index contributed by atoms with van der Waals surface area (Å²) in [6.07, 6.45) is 0. The highest BCUT2D eigenvalue weighted by molar-refractivity contribution is 6.32. The number of nitrogens with one attached hydrogen (secondary N) is 1. The van der Waals surface area contributed by atoms with Gasteiger partial charge in [-0.2, -0.15) is 0 Å². The van der Waals surface area contributed by atoms with Crippen LogP contribution in [0.2, 0.25) is 5.02 Å². The minimum Gasteiger partial charge on any atom is -0.484 e. The summed E-state index contributed by atoms with van der Waals surface area (Å²) in [7, 11) is 0. The molecule has 0 unspecified atom stereocenters. The first-order chi connectivity index (χ1) is 12.6. The molecular weight excluding hydrogens is 357 g/mol. The van der Waals surface area contributed by atoms with Crippen LogP contribution in [-0.4, -0.2) is 12.5 Å². The number of benzene rings is 3. The molecule has 0 bridgehead atoms. The van der Waals surface area contributed by atoms with Crippen molar-refractivity contribution in [1.29, 1.82) is 0 Å². The van der Waals surface area contributed by atoms with Crippen molar-refractivity contribution in [2.24, 2.45) is 0 Å². The van der Waals surface area contributed by atoms with Crippen LogP contribution in [0.5, 0.6) is 17.2 Å². The maximum absolute atomic E-state index is 13.1. The predicted molar refractivity (Wildman–Crippen MR) is 98.5 cm³/mol. The molecule has 132 valence electrons. The summed E-state index contributed by atoms with van der Waals surface area (Å²) < 4.78 is 24.2. The Bertz CT molecular complexity index is 917. The number of carbonyl (C=O) groups excluding carboxylic acids is 1. The Balaban J connectivity index is 1.66. The van der Waals surface area contributed by atoms with Gasteiger partial charge >= 0.3 is 0 Å². The van der Waals surface area contributed by atoms with E-state index in [2.05, 4.69) is 5.32 Å². The van der Waals surface area contributed by atoms with Gasteiger partial charge in [0, 0.05) is 6.07 Å². The summed E-state index contributed by atoms with van der Waals surface area (Å²) in [5.41, 5.74) is 0.472. The molecular formula is C20H15ClFNO3. The zero-order valence-corrected chi connectivity index (χ0v) is 14.4. The number of ether oxygens (including phenoxy) is 2. The van der Waals surface area contributed by atoms with Gasteiger partial charge in [0.25, 0.3) is 5.91 Å². The Morgan fingerprint density at radius 1 is 0.962 bits per heavy atom. The van der Waals surface area contributed by atoms with Crippen molar-refractivity contribution in [2.45, 2.75) is 0 Å². The van der Waals surface area contributed by atoms with E-state index in [0.29, 0.717) is 22.2 Å². The van der Waals surface area contributed by atoms with Crippen LogP contribution in [0.1, 0.15) is 0 Å². The number of rotatable bonds is 6. The average Bonchev–Trinajstić information content (AvgIpc) is 2.63. The largest absolute Gasteiger partial charge is 0.484 e. The fourth-order valence-electron chi connectivity index (χ4n) is 2.20. The van der Waals surface area contributed by atoms with Crippen LogP contribution in [0.25, 0.3) is 0 Å². The maximum Gasteiger partial charge on any atom is 0.262 e. The topological polar surface area (TPSA) is 47.6 Å². The van der Waals surface area contributed by atoms with Gasteiger partial charge in [0.15, 0.2) is 12.4 Å². The maximum atomic E-state index is 13.1. The molecule has 0 radical (unpaired) electrons. The van der Waals surface area contributed by atoms with Gasteiger partial charge in [-0.3, -0.25) is 4.79 Å². The van der Waals surface area contributed by atoms with Gasteiger partial charge in [-0.1, -0.05) is 41.9 Å². The molecule has 6 heteroatoms. The Kier molecular flexibility index (Phi) is 5.71. The van der Waals surface area contributed by atoms with E-state index < -0.39 is 11.7 Å². The number of anilines is 1. The summed E-state index contributed by atoms with van der Waals surface area (Å²) in [4.78, 5) is 12.1. The Hall–Kier alpha value is -3.05. The first kappa shape index (κ1) is 17.8. The highest BCUT2D eigenvalue weighted by atomic mass is 35.5. The molecule has 0 aliphatic heterocycles. The molecule has 0 heterocycles. The van der Waals surface area contributed by atoms with E-state index in [1.165, 1.54) is 18.2 Å². The Morgan fingerprint density at radius 2 is 1.69 bits per heavy atom. The van der Waals surface area contributed by atoms with Gasteiger partial charge in [0.05, 0.1) is 10.7 Å². The van der Waals surface area contributed by atoms with Crippen LogP contribution >= 0.6 is 11.6 Å². The van der Waals surface area contributed by atoms with Crippen molar-refractivity contribution in [1.82, 2.24) is 0 Å². The van der Waals surface area contributed by atoms with Crippen molar-refractivity contribution in [2.75, 3.05) is 11.9 Å². The molecule has 0 aliphatic rings. The number of para-hydroxylation sites is 3. The smallest absolute Gasteiger partial charge is 0.262 e. The van der Waals surface area contributed by atoms with Crippen molar-refractivity contribution in [3.63, 3.8) is 0 Å². The standard InChI is InChI=1S/C20H15ClFNO3/c21-16-8-1-3-10-18(16)26-19-11-4-2-9-17(19)23-20(24)13-25-15-7-5-6-14(22)12-15/h1-12H,13H2,(H,23,24). The van der Waals surface area contributed by atoms with E-state index in [0.717, 1.165) is 0 Å². The molecule has 3 rings (SSSR count). The normalized spacial score (nSPS) is 10.2. The summed E-state index contributed by atoms with van der Waals surface area (Å²) in [5, 5.41) is 3.17. The van der Waals surface area contributed by atoms with E-state index in [-0.39, 0.29) is 12.4 Å². The summed E-state index contributed by atoms with van der Waals surface area (Å²) in [5.74, 6) is 0.373. The van der Waals surface area contributed by atoms with Crippen molar-refractivity contribution in [3.8, 4) is 17.2 Å². The molecule has 26 heavy (non-hydrogen) atoms. The molecule has 0 aromatic heterocycles. The quantitative estimate of drug-likeness (QED) is 0.640. The SMILES string of the molecule is O=C(COc1cccc(F)c1)Nc1ccccc1Oc1ccccc1Cl. The molecule has 0 atom stereocenters. The van der Waals surface area contributed by atoms with Crippen LogP contribution in [0.15, 0.2) is 72.8 Å². The van der Waals surface area contributed by atoms with Crippen LogP contribution in [0.4, 0.5) is 10.1 Å². The van der Waals surface area contributed by atoms with E-state index >= 15 is 0 Å². The molecule has 1 amide bonds. The van der Waals surface area contributed by atoms with Crippen LogP contribution in [0, 0.1) is 5.82 Å². The van der Waals surface area contributed by atoms with Gasteiger partial charge in [-0.15, -0.1) is 0 Å². The van der Waals surface area contributed by atoms with Crippen LogP contribution in [0.3, 0.4) is 0 Å². The fraction of sp³-hybridized carbons (Fsp3) is 0.0500. The lowest BCUT2D eigenvalue weighted by atomic mass is 10.3. The zero-order valence-electron chi connectivity index (χ0n) is 13.6. The van der Waals surface area contributed by atoms with E-state index in [9.17, 15) is 9.18 Å². The second-order valence-corrected chi connectivity index (χ2v) is 5.73. The summed E-state index contributed by atoms with van der Waals surface area (Å²) in [6.45, 7) is -0.260. The lowest BCUT2D eigenvalue weighted by Gasteiger charge is -2.13. The molecule has 4 nitrogen and oxygen atoms in total. The highest BCUT2D eigenvalue weighted by Crippen LogP contribution is 2.33. The molecule has 1 N–H and O–H groups in total. The lowest BCUT2D eigenvalue weighted by Crippen LogP contribution is -2.20. The third-order valence-corrected chi connectivity index (χ3v) is 3.70. The molecule has 0 saturated heterocycles. The fourth-order valence-corrected chi connectivity index (χ4v) is 2.37. The molecule has 3 aromatic carbocycles. The third kappa shape index (κ3) is 4.74. The summed E-state index contributed by atoms with van der Waals surface area (Å²) >= 11 is 6.10. The second-order valence-electron chi connectivity index (χ2n) is 5.32. The van der Waals surface area contributed by atoms with E-state index in [1.807, 2.05) is 0 Å². The first-order valence-corrected chi connectivity index (χ1v) is 8.19. The minimum absolute atomic E-state index is 0.260. The molecule has 0 saturated carbocycles. The lowest BCUT2D eigenvalue weighted by molar-refractivity contribution is -0.118. The minimum atomic E-state index is -0.429. The number of amides is 1. The second kappa shape index (κ2) is 8.36.